The van der Waals surface area contributed by atoms with Crippen LogP contribution in [-0.4, -0.2) is 40.5 Å². The molecule has 0 aliphatic heterocycles. The van der Waals surface area contributed by atoms with Crippen molar-refractivity contribution in [3.05, 3.63) is 17.7 Å². The van der Waals surface area contributed by atoms with Crippen molar-refractivity contribution in [2.24, 2.45) is 0 Å². The zero-order valence-electron chi connectivity index (χ0n) is 13.8. The first kappa shape index (κ1) is 17.6. The van der Waals surface area contributed by atoms with Gasteiger partial charge in [0.05, 0.1) is 21.3 Å². The Labute approximate surface area is 128 Å². The SMILES string of the molecule is COc1cc(CNCCCNC(C)C)cc(OC)c1OC. The number of nitrogens with one attached hydrogen (secondary N) is 2. The van der Waals surface area contributed by atoms with E-state index in [9.17, 15) is 0 Å². The summed E-state index contributed by atoms with van der Waals surface area (Å²) in [4.78, 5) is 0. The second kappa shape index (κ2) is 9.47. The van der Waals surface area contributed by atoms with E-state index in [0.29, 0.717) is 23.3 Å². The maximum absolute atomic E-state index is 5.35. The standard InChI is InChI=1S/C16H28N2O3/c1-12(2)18-8-6-7-17-11-13-9-14(19-3)16(21-5)15(10-13)20-4/h9-10,12,17-18H,6-8,11H2,1-5H3. The van der Waals surface area contributed by atoms with E-state index in [2.05, 4.69) is 24.5 Å². The predicted octanol–water partition coefficient (Wildman–Crippen LogP) is 2.19. The van der Waals surface area contributed by atoms with Gasteiger partial charge in [-0.15, -0.1) is 0 Å². The number of hydrogen-bond acceptors (Lipinski definition) is 5. The van der Waals surface area contributed by atoms with Crippen LogP contribution in [0.4, 0.5) is 0 Å². The topological polar surface area (TPSA) is 51.8 Å². The summed E-state index contributed by atoms with van der Waals surface area (Å²) in [5.41, 5.74) is 1.11. The second-order valence-electron chi connectivity index (χ2n) is 5.17. The molecule has 0 saturated heterocycles. The Hall–Kier alpha value is -1.46. The van der Waals surface area contributed by atoms with E-state index in [1.165, 1.54) is 0 Å². The van der Waals surface area contributed by atoms with Crippen molar-refractivity contribution < 1.29 is 14.2 Å². The predicted molar refractivity (Wildman–Crippen MR) is 85.6 cm³/mol. The number of hydrogen-bond donors (Lipinski definition) is 2. The molecular formula is C16H28N2O3. The summed E-state index contributed by atoms with van der Waals surface area (Å²) in [6.07, 6.45) is 1.10. The van der Waals surface area contributed by atoms with E-state index < -0.39 is 0 Å². The number of methoxy groups -OCH3 is 3. The highest BCUT2D eigenvalue weighted by Crippen LogP contribution is 2.38. The number of benzene rings is 1. The highest BCUT2D eigenvalue weighted by molar-refractivity contribution is 5.53. The van der Waals surface area contributed by atoms with Crippen LogP contribution in [0.5, 0.6) is 17.2 Å². The number of ether oxygens (including phenoxy) is 3. The molecule has 0 unspecified atom stereocenters. The van der Waals surface area contributed by atoms with Crippen molar-refractivity contribution in [2.45, 2.75) is 32.9 Å². The van der Waals surface area contributed by atoms with Crippen LogP contribution in [0.25, 0.3) is 0 Å². The van der Waals surface area contributed by atoms with Crippen LogP contribution in [0, 0.1) is 0 Å². The molecule has 0 amide bonds. The molecule has 0 aliphatic rings. The third kappa shape index (κ3) is 5.81. The molecule has 21 heavy (non-hydrogen) atoms. The molecule has 120 valence electrons. The van der Waals surface area contributed by atoms with Gasteiger partial charge in [0.15, 0.2) is 11.5 Å². The lowest BCUT2D eigenvalue weighted by atomic mass is 10.1. The first-order chi connectivity index (χ1) is 10.1. The molecule has 5 nitrogen and oxygen atoms in total. The zero-order valence-corrected chi connectivity index (χ0v) is 13.8. The third-order valence-corrected chi connectivity index (χ3v) is 3.14. The van der Waals surface area contributed by atoms with Crippen LogP contribution in [0.3, 0.4) is 0 Å². The Morgan fingerprint density at radius 3 is 2.05 bits per heavy atom. The summed E-state index contributed by atoms with van der Waals surface area (Å²) in [7, 11) is 4.87. The van der Waals surface area contributed by atoms with E-state index in [4.69, 9.17) is 14.2 Å². The fourth-order valence-corrected chi connectivity index (χ4v) is 2.07. The lowest BCUT2D eigenvalue weighted by molar-refractivity contribution is 0.323. The minimum Gasteiger partial charge on any atom is -0.493 e. The van der Waals surface area contributed by atoms with E-state index in [1.54, 1.807) is 21.3 Å². The Balaban J connectivity index is 2.51. The Morgan fingerprint density at radius 1 is 0.952 bits per heavy atom. The van der Waals surface area contributed by atoms with Gasteiger partial charge >= 0.3 is 0 Å². The van der Waals surface area contributed by atoms with Crippen LogP contribution in [-0.2, 0) is 6.54 Å². The lowest BCUT2D eigenvalue weighted by Crippen LogP contribution is -2.26. The molecule has 0 aliphatic carbocycles. The maximum Gasteiger partial charge on any atom is 0.203 e. The molecule has 1 aromatic carbocycles. The summed E-state index contributed by atoms with van der Waals surface area (Å²) < 4.78 is 16.0. The smallest absolute Gasteiger partial charge is 0.203 e. The summed E-state index contributed by atoms with van der Waals surface area (Å²) in [5, 5.41) is 6.82. The van der Waals surface area contributed by atoms with Gasteiger partial charge < -0.3 is 24.8 Å². The molecule has 0 atom stereocenters. The van der Waals surface area contributed by atoms with Crippen molar-refractivity contribution >= 4 is 0 Å². The van der Waals surface area contributed by atoms with Crippen LogP contribution >= 0.6 is 0 Å². The van der Waals surface area contributed by atoms with Gasteiger partial charge in [-0.05, 0) is 37.2 Å². The highest BCUT2D eigenvalue weighted by Gasteiger charge is 2.12. The van der Waals surface area contributed by atoms with Gasteiger partial charge in [0.1, 0.15) is 0 Å². The molecule has 0 heterocycles. The van der Waals surface area contributed by atoms with E-state index >= 15 is 0 Å². The molecule has 0 aromatic heterocycles. The number of rotatable bonds is 10. The van der Waals surface area contributed by atoms with Crippen LogP contribution in [0.15, 0.2) is 12.1 Å². The molecule has 0 saturated carbocycles. The van der Waals surface area contributed by atoms with Crippen molar-refractivity contribution in [1.29, 1.82) is 0 Å². The second-order valence-corrected chi connectivity index (χ2v) is 5.17. The van der Waals surface area contributed by atoms with Crippen molar-refractivity contribution in [1.82, 2.24) is 10.6 Å². The average Bonchev–Trinajstić information content (AvgIpc) is 2.49. The Morgan fingerprint density at radius 2 is 1.57 bits per heavy atom. The molecule has 1 rings (SSSR count). The monoisotopic (exact) mass is 296 g/mol. The lowest BCUT2D eigenvalue weighted by Gasteiger charge is -2.14. The molecule has 0 radical (unpaired) electrons. The summed E-state index contributed by atoms with van der Waals surface area (Å²) in [6.45, 7) is 7.08. The van der Waals surface area contributed by atoms with E-state index in [1.807, 2.05) is 12.1 Å². The van der Waals surface area contributed by atoms with Crippen LogP contribution in [0.2, 0.25) is 0 Å². The van der Waals surface area contributed by atoms with Crippen molar-refractivity contribution in [2.75, 3.05) is 34.4 Å². The molecule has 2 N–H and O–H groups in total. The average molecular weight is 296 g/mol. The molecule has 0 spiro atoms. The van der Waals surface area contributed by atoms with E-state index in [0.717, 1.165) is 31.6 Å². The van der Waals surface area contributed by atoms with Gasteiger partial charge in [-0.25, -0.2) is 0 Å². The molecule has 1 aromatic rings. The summed E-state index contributed by atoms with van der Waals surface area (Å²) in [6, 6.07) is 4.49. The highest BCUT2D eigenvalue weighted by atomic mass is 16.5. The summed E-state index contributed by atoms with van der Waals surface area (Å²) >= 11 is 0. The molecular weight excluding hydrogens is 268 g/mol. The van der Waals surface area contributed by atoms with Crippen molar-refractivity contribution in [3.8, 4) is 17.2 Å². The largest absolute Gasteiger partial charge is 0.493 e. The molecule has 5 heteroatoms. The van der Waals surface area contributed by atoms with Gasteiger partial charge in [-0.2, -0.15) is 0 Å². The Bertz CT molecular complexity index is 397. The minimum absolute atomic E-state index is 0.542. The van der Waals surface area contributed by atoms with Crippen molar-refractivity contribution in [3.63, 3.8) is 0 Å². The Kier molecular flexibility index (Phi) is 7.93. The normalized spacial score (nSPS) is 10.8. The quantitative estimate of drug-likeness (QED) is 0.648. The summed E-state index contributed by atoms with van der Waals surface area (Å²) in [5.74, 6) is 2.01. The zero-order chi connectivity index (χ0) is 15.7. The van der Waals surface area contributed by atoms with Crippen LogP contribution in [0.1, 0.15) is 25.8 Å². The van der Waals surface area contributed by atoms with E-state index in [-0.39, 0.29) is 0 Å². The maximum atomic E-state index is 5.35. The first-order valence-corrected chi connectivity index (χ1v) is 7.35. The fourth-order valence-electron chi connectivity index (χ4n) is 2.07. The fraction of sp³-hybridized carbons (Fsp3) is 0.625. The van der Waals surface area contributed by atoms with Gasteiger partial charge in [-0.1, -0.05) is 13.8 Å². The van der Waals surface area contributed by atoms with Gasteiger partial charge in [0, 0.05) is 12.6 Å². The third-order valence-electron chi connectivity index (χ3n) is 3.14. The first-order valence-electron chi connectivity index (χ1n) is 7.35. The minimum atomic E-state index is 0.542. The van der Waals surface area contributed by atoms with Gasteiger partial charge in [0.2, 0.25) is 5.75 Å². The van der Waals surface area contributed by atoms with Crippen LogP contribution < -0.4 is 24.8 Å². The van der Waals surface area contributed by atoms with Gasteiger partial charge in [0.25, 0.3) is 0 Å². The van der Waals surface area contributed by atoms with Gasteiger partial charge in [-0.3, -0.25) is 0 Å². The molecule has 0 bridgehead atoms. The molecule has 0 fully saturated rings.